The van der Waals surface area contributed by atoms with E-state index < -0.39 is 0 Å². The van der Waals surface area contributed by atoms with Gasteiger partial charge in [-0.05, 0) is 36.4 Å². The van der Waals surface area contributed by atoms with Crippen LogP contribution in [0.5, 0.6) is 5.75 Å². The number of furan rings is 1. The van der Waals surface area contributed by atoms with Gasteiger partial charge in [-0.15, -0.1) is 10.2 Å². The summed E-state index contributed by atoms with van der Waals surface area (Å²) in [6.45, 7) is 0.191. The number of benzene rings is 2. The molecule has 3 heterocycles. The standard InChI is InChI=1S/C21H16N4O3/c26-21(22-12-20-24-23-19-7-3-4-10-25(19)20)13-27-14-8-9-18-16(11-14)15-5-1-2-6-17(15)28-18/h1-11H,12-13H2,(H,22,26). The molecule has 0 spiro atoms. The minimum atomic E-state index is -0.232. The third-order valence-corrected chi connectivity index (χ3v) is 4.55. The second-order valence-electron chi connectivity index (χ2n) is 6.37. The van der Waals surface area contributed by atoms with Gasteiger partial charge in [-0.1, -0.05) is 24.3 Å². The van der Waals surface area contributed by atoms with E-state index in [4.69, 9.17) is 9.15 Å². The zero-order valence-electron chi connectivity index (χ0n) is 14.8. The molecule has 7 nitrogen and oxygen atoms in total. The molecule has 2 aromatic carbocycles. The minimum absolute atomic E-state index is 0.0853. The normalized spacial score (nSPS) is 11.3. The Hall–Kier alpha value is -3.87. The number of carbonyl (C=O) groups excluding carboxylic acids is 1. The van der Waals surface area contributed by atoms with Gasteiger partial charge in [0.25, 0.3) is 5.91 Å². The second-order valence-corrected chi connectivity index (χ2v) is 6.37. The summed E-state index contributed by atoms with van der Waals surface area (Å²) in [4.78, 5) is 12.2. The van der Waals surface area contributed by atoms with Gasteiger partial charge in [0.15, 0.2) is 18.1 Å². The van der Waals surface area contributed by atoms with E-state index in [1.54, 1.807) is 6.07 Å². The fourth-order valence-electron chi connectivity index (χ4n) is 3.18. The van der Waals surface area contributed by atoms with Crippen molar-refractivity contribution in [1.82, 2.24) is 19.9 Å². The van der Waals surface area contributed by atoms with Crippen molar-refractivity contribution in [2.45, 2.75) is 6.54 Å². The maximum atomic E-state index is 12.2. The predicted molar refractivity (Wildman–Crippen MR) is 104 cm³/mol. The Balaban J connectivity index is 1.25. The van der Waals surface area contributed by atoms with Gasteiger partial charge in [0.1, 0.15) is 16.9 Å². The molecule has 3 aromatic heterocycles. The fourth-order valence-corrected chi connectivity index (χ4v) is 3.18. The van der Waals surface area contributed by atoms with Gasteiger partial charge in [0, 0.05) is 17.0 Å². The molecule has 1 amide bonds. The summed E-state index contributed by atoms with van der Waals surface area (Å²) in [6, 6.07) is 19.0. The highest BCUT2D eigenvalue weighted by Crippen LogP contribution is 2.31. The molecule has 0 fully saturated rings. The summed E-state index contributed by atoms with van der Waals surface area (Å²) in [5.74, 6) is 1.04. The van der Waals surface area contributed by atoms with Crippen LogP contribution in [-0.2, 0) is 11.3 Å². The molecule has 7 heteroatoms. The molecular formula is C21H16N4O3. The number of para-hydroxylation sites is 1. The molecule has 138 valence electrons. The average Bonchev–Trinajstić information content (AvgIpc) is 3.31. The van der Waals surface area contributed by atoms with Crippen LogP contribution in [0, 0.1) is 0 Å². The van der Waals surface area contributed by atoms with Crippen molar-refractivity contribution in [3.05, 3.63) is 72.7 Å². The Kier molecular flexibility index (Phi) is 3.90. The van der Waals surface area contributed by atoms with Gasteiger partial charge in [0.2, 0.25) is 0 Å². The van der Waals surface area contributed by atoms with E-state index in [-0.39, 0.29) is 19.1 Å². The number of hydrogen-bond acceptors (Lipinski definition) is 5. The molecule has 0 aliphatic carbocycles. The number of nitrogens with one attached hydrogen (secondary N) is 1. The van der Waals surface area contributed by atoms with E-state index in [2.05, 4.69) is 15.5 Å². The molecule has 0 bridgehead atoms. The molecular weight excluding hydrogens is 356 g/mol. The van der Waals surface area contributed by atoms with Crippen LogP contribution in [0.1, 0.15) is 5.82 Å². The van der Waals surface area contributed by atoms with Crippen molar-refractivity contribution in [1.29, 1.82) is 0 Å². The van der Waals surface area contributed by atoms with Gasteiger partial charge >= 0.3 is 0 Å². The van der Waals surface area contributed by atoms with Crippen LogP contribution in [0.4, 0.5) is 0 Å². The average molecular weight is 372 g/mol. The van der Waals surface area contributed by atoms with E-state index in [9.17, 15) is 4.79 Å². The molecule has 0 aliphatic heterocycles. The molecule has 5 rings (SSSR count). The van der Waals surface area contributed by atoms with E-state index >= 15 is 0 Å². The van der Waals surface area contributed by atoms with E-state index in [0.29, 0.717) is 11.6 Å². The van der Waals surface area contributed by atoms with Crippen LogP contribution < -0.4 is 10.1 Å². The van der Waals surface area contributed by atoms with Crippen molar-refractivity contribution in [3.63, 3.8) is 0 Å². The number of ether oxygens (including phenoxy) is 1. The third kappa shape index (κ3) is 2.92. The van der Waals surface area contributed by atoms with Crippen molar-refractivity contribution in [2.75, 3.05) is 6.61 Å². The summed E-state index contributed by atoms with van der Waals surface area (Å²) < 4.78 is 13.3. The first-order valence-electron chi connectivity index (χ1n) is 8.87. The molecule has 0 unspecified atom stereocenters. The number of hydrogen-bond donors (Lipinski definition) is 1. The van der Waals surface area contributed by atoms with Crippen molar-refractivity contribution in [2.24, 2.45) is 0 Å². The Bertz CT molecular complexity index is 1310. The quantitative estimate of drug-likeness (QED) is 0.512. The van der Waals surface area contributed by atoms with Crippen LogP contribution >= 0.6 is 0 Å². The second kappa shape index (κ2) is 6.70. The molecule has 0 saturated heterocycles. The number of amides is 1. The smallest absolute Gasteiger partial charge is 0.258 e. The Morgan fingerprint density at radius 2 is 1.86 bits per heavy atom. The lowest BCUT2D eigenvalue weighted by atomic mass is 10.1. The van der Waals surface area contributed by atoms with Gasteiger partial charge < -0.3 is 14.5 Å². The zero-order valence-corrected chi connectivity index (χ0v) is 14.8. The lowest BCUT2D eigenvalue weighted by Gasteiger charge is -2.07. The number of aromatic nitrogens is 3. The Morgan fingerprint density at radius 1 is 1.00 bits per heavy atom. The number of carbonyl (C=O) groups is 1. The van der Waals surface area contributed by atoms with Gasteiger partial charge in [-0.3, -0.25) is 9.20 Å². The first kappa shape index (κ1) is 16.3. The number of rotatable bonds is 5. The van der Waals surface area contributed by atoms with Crippen LogP contribution in [0.15, 0.2) is 71.3 Å². The molecule has 0 radical (unpaired) electrons. The highest BCUT2D eigenvalue weighted by molar-refractivity contribution is 6.05. The highest BCUT2D eigenvalue weighted by atomic mass is 16.5. The summed E-state index contributed by atoms with van der Waals surface area (Å²) >= 11 is 0. The highest BCUT2D eigenvalue weighted by Gasteiger charge is 2.10. The predicted octanol–water partition coefficient (Wildman–Crippen LogP) is 3.32. The lowest BCUT2D eigenvalue weighted by Crippen LogP contribution is -2.29. The number of nitrogens with zero attached hydrogens (tertiary/aromatic N) is 3. The van der Waals surface area contributed by atoms with Crippen LogP contribution in [0.3, 0.4) is 0 Å². The molecule has 5 aromatic rings. The summed E-state index contributed by atoms with van der Waals surface area (Å²) in [6.07, 6.45) is 1.86. The molecule has 0 atom stereocenters. The van der Waals surface area contributed by atoms with Crippen LogP contribution in [0.2, 0.25) is 0 Å². The van der Waals surface area contributed by atoms with Crippen molar-refractivity contribution in [3.8, 4) is 5.75 Å². The SMILES string of the molecule is O=C(COc1ccc2oc3ccccc3c2c1)NCc1nnc2ccccn12. The van der Waals surface area contributed by atoms with Crippen molar-refractivity contribution < 1.29 is 13.9 Å². The lowest BCUT2D eigenvalue weighted by molar-refractivity contribution is -0.123. The molecule has 0 saturated carbocycles. The maximum absolute atomic E-state index is 12.2. The molecule has 1 N–H and O–H groups in total. The monoisotopic (exact) mass is 372 g/mol. The van der Waals surface area contributed by atoms with Gasteiger partial charge in [0.05, 0.1) is 6.54 Å². The summed E-state index contributed by atoms with van der Waals surface area (Å²) in [5.41, 5.74) is 2.35. The minimum Gasteiger partial charge on any atom is -0.484 e. The first-order chi connectivity index (χ1) is 13.8. The first-order valence-corrected chi connectivity index (χ1v) is 8.87. The van der Waals surface area contributed by atoms with Gasteiger partial charge in [-0.25, -0.2) is 0 Å². The maximum Gasteiger partial charge on any atom is 0.258 e. The summed E-state index contributed by atoms with van der Waals surface area (Å²) in [7, 11) is 0. The third-order valence-electron chi connectivity index (χ3n) is 4.55. The van der Waals surface area contributed by atoms with Crippen LogP contribution in [-0.4, -0.2) is 27.1 Å². The van der Waals surface area contributed by atoms with Crippen LogP contribution in [0.25, 0.3) is 27.6 Å². The molecule has 0 aliphatic rings. The van der Waals surface area contributed by atoms with E-state index in [1.165, 1.54) is 0 Å². The topological polar surface area (TPSA) is 81.7 Å². The Labute approximate surface area is 159 Å². The van der Waals surface area contributed by atoms with Crippen molar-refractivity contribution >= 4 is 33.5 Å². The van der Waals surface area contributed by atoms with E-state index in [0.717, 1.165) is 27.6 Å². The number of fused-ring (bicyclic) bond motifs is 4. The fraction of sp³-hybridized carbons (Fsp3) is 0.0952. The largest absolute Gasteiger partial charge is 0.484 e. The number of pyridine rings is 1. The zero-order chi connectivity index (χ0) is 18.9. The van der Waals surface area contributed by atoms with Gasteiger partial charge in [-0.2, -0.15) is 0 Å². The summed E-state index contributed by atoms with van der Waals surface area (Å²) in [5, 5.41) is 12.9. The molecule has 28 heavy (non-hydrogen) atoms. The Morgan fingerprint density at radius 3 is 2.82 bits per heavy atom. The van der Waals surface area contributed by atoms with E-state index in [1.807, 2.05) is 65.2 Å².